The van der Waals surface area contributed by atoms with Crippen LogP contribution in [0.1, 0.15) is 5.56 Å². The molecule has 0 aliphatic carbocycles. The Hall–Kier alpha value is -1.71. The number of nitrogens with one attached hydrogen (secondary N) is 2. The van der Waals surface area contributed by atoms with E-state index in [2.05, 4.69) is 10.6 Å². The van der Waals surface area contributed by atoms with Crippen molar-refractivity contribution in [3.05, 3.63) is 64.1 Å². The van der Waals surface area contributed by atoms with Crippen LogP contribution in [0.3, 0.4) is 0 Å². The van der Waals surface area contributed by atoms with Gasteiger partial charge in [0.05, 0.1) is 0 Å². The van der Waals surface area contributed by atoms with Gasteiger partial charge in [-0.3, -0.25) is 0 Å². The SMILES string of the molecule is O=C(NCc1ccccc1Cl)Nc1ccc(Cl)cc1. The summed E-state index contributed by atoms with van der Waals surface area (Å²) in [7, 11) is 0. The van der Waals surface area contributed by atoms with Crippen molar-refractivity contribution in [2.45, 2.75) is 6.54 Å². The van der Waals surface area contributed by atoms with Crippen LogP contribution in [0.25, 0.3) is 0 Å². The quantitative estimate of drug-likeness (QED) is 0.870. The summed E-state index contributed by atoms with van der Waals surface area (Å²) < 4.78 is 0. The van der Waals surface area contributed by atoms with E-state index in [4.69, 9.17) is 23.2 Å². The van der Waals surface area contributed by atoms with Crippen molar-refractivity contribution in [3.63, 3.8) is 0 Å². The molecule has 0 atom stereocenters. The second-order valence-electron chi connectivity index (χ2n) is 3.91. The molecular formula is C14H12Cl2N2O. The van der Waals surface area contributed by atoms with Gasteiger partial charge in [0.15, 0.2) is 0 Å². The smallest absolute Gasteiger partial charge is 0.319 e. The molecule has 0 heterocycles. The molecule has 3 nitrogen and oxygen atoms in total. The Bertz CT molecular complexity index is 570. The molecule has 5 heteroatoms. The van der Waals surface area contributed by atoms with Crippen LogP contribution < -0.4 is 10.6 Å². The summed E-state index contributed by atoms with van der Waals surface area (Å²) in [5.41, 5.74) is 1.55. The molecule has 0 spiro atoms. The number of carbonyl (C=O) groups excluding carboxylic acids is 1. The van der Waals surface area contributed by atoms with E-state index in [0.29, 0.717) is 22.3 Å². The molecule has 0 aromatic heterocycles. The number of rotatable bonds is 3. The third kappa shape index (κ3) is 4.16. The predicted octanol–water partition coefficient (Wildman–Crippen LogP) is 4.32. The second kappa shape index (κ2) is 6.45. The van der Waals surface area contributed by atoms with Crippen LogP contribution in [-0.4, -0.2) is 6.03 Å². The number of benzene rings is 2. The van der Waals surface area contributed by atoms with E-state index in [1.54, 1.807) is 30.3 Å². The largest absolute Gasteiger partial charge is 0.334 e. The van der Waals surface area contributed by atoms with Crippen LogP contribution in [0, 0.1) is 0 Å². The molecule has 2 aromatic rings. The van der Waals surface area contributed by atoms with Gasteiger partial charge in [-0.1, -0.05) is 41.4 Å². The van der Waals surface area contributed by atoms with Gasteiger partial charge in [-0.15, -0.1) is 0 Å². The Balaban J connectivity index is 1.88. The molecule has 0 unspecified atom stereocenters. The van der Waals surface area contributed by atoms with Gasteiger partial charge in [0.1, 0.15) is 0 Å². The zero-order chi connectivity index (χ0) is 13.7. The van der Waals surface area contributed by atoms with Crippen molar-refractivity contribution < 1.29 is 4.79 Å². The minimum Gasteiger partial charge on any atom is -0.334 e. The first kappa shape index (κ1) is 13.7. The molecule has 2 aromatic carbocycles. The first-order valence-electron chi connectivity index (χ1n) is 5.69. The minimum atomic E-state index is -0.290. The molecule has 0 radical (unpaired) electrons. The van der Waals surface area contributed by atoms with Crippen molar-refractivity contribution in [1.82, 2.24) is 5.32 Å². The highest BCUT2D eigenvalue weighted by Gasteiger charge is 2.03. The van der Waals surface area contributed by atoms with E-state index in [1.165, 1.54) is 0 Å². The molecule has 2 amide bonds. The Morgan fingerprint density at radius 1 is 1.00 bits per heavy atom. The average molecular weight is 295 g/mol. The van der Waals surface area contributed by atoms with E-state index in [1.807, 2.05) is 18.2 Å². The van der Waals surface area contributed by atoms with E-state index in [9.17, 15) is 4.79 Å². The molecule has 0 saturated heterocycles. The van der Waals surface area contributed by atoms with Crippen molar-refractivity contribution in [2.75, 3.05) is 5.32 Å². The van der Waals surface area contributed by atoms with Gasteiger partial charge < -0.3 is 10.6 Å². The van der Waals surface area contributed by atoms with Crippen LogP contribution in [0.4, 0.5) is 10.5 Å². The molecule has 0 aliphatic rings. The monoisotopic (exact) mass is 294 g/mol. The standard InChI is InChI=1S/C14H12Cl2N2O/c15-11-5-7-12(8-6-11)18-14(19)17-9-10-3-1-2-4-13(10)16/h1-8H,9H2,(H2,17,18,19). The summed E-state index contributed by atoms with van der Waals surface area (Å²) in [6.07, 6.45) is 0. The summed E-state index contributed by atoms with van der Waals surface area (Å²) in [6, 6.07) is 14.0. The van der Waals surface area contributed by atoms with Gasteiger partial charge in [0, 0.05) is 22.3 Å². The number of carbonyl (C=O) groups is 1. The fraction of sp³-hybridized carbons (Fsp3) is 0.0714. The Morgan fingerprint density at radius 2 is 1.68 bits per heavy atom. The fourth-order valence-electron chi connectivity index (χ4n) is 1.53. The molecule has 0 saturated carbocycles. The summed E-state index contributed by atoms with van der Waals surface area (Å²) >= 11 is 11.8. The van der Waals surface area contributed by atoms with Crippen LogP contribution in [0.15, 0.2) is 48.5 Å². The Labute approximate surface area is 121 Å². The summed E-state index contributed by atoms with van der Waals surface area (Å²) in [5, 5.41) is 6.70. The van der Waals surface area contributed by atoms with E-state index in [-0.39, 0.29) is 6.03 Å². The molecule has 0 fully saturated rings. The van der Waals surface area contributed by atoms with Crippen molar-refractivity contribution in [1.29, 1.82) is 0 Å². The van der Waals surface area contributed by atoms with E-state index < -0.39 is 0 Å². The molecule has 2 N–H and O–H groups in total. The predicted molar refractivity (Wildman–Crippen MR) is 78.8 cm³/mol. The highest BCUT2D eigenvalue weighted by atomic mass is 35.5. The van der Waals surface area contributed by atoms with E-state index >= 15 is 0 Å². The van der Waals surface area contributed by atoms with Gasteiger partial charge in [0.2, 0.25) is 0 Å². The van der Waals surface area contributed by atoms with Gasteiger partial charge in [-0.2, -0.15) is 0 Å². The summed E-state index contributed by atoms with van der Waals surface area (Å²) in [5.74, 6) is 0. The number of amides is 2. The lowest BCUT2D eigenvalue weighted by Crippen LogP contribution is -2.28. The summed E-state index contributed by atoms with van der Waals surface area (Å²) in [4.78, 5) is 11.7. The molecule has 19 heavy (non-hydrogen) atoms. The average Bonchev–Trinajstić information content (AvgIpc) is 2.40. The fourth-order valence-corrected chi connectivity index (χ4v) is 1.85. The molecule has 98 valence electrons. The first-order chi connectivity index (χ1) is 9.15. The van der Waals surface area contributed by atoms with Crippen LogP contribution in [0.5, 0.6) is 0 Å². The lowest BCUT2D eigenvalue weighted by atomic mass is 10.2. The van der Waals surface area contributed by atoms with Crippen molar-refractivity contribution >= 4 is 34.9 Å². The van der Waals surface area contributed by atoms with E-state index in [0.717, 1.165) is 5.56 Å². The number of anilines is 1. The third-order valence-corrected chi connectivity index (χ3v) is 3.12. The zero-order valence-electron chi connectivity index (χ0n) is 9.99. The Kier molecular flexibility index (Phi) is 4.66. The number of urea groups is 1. The molecule has 2 rings (SSSR count). The van der Waals surface area contributed by atoms with Crippen molar-refractivity contribution in [3.8, 4) is 0 Å². The maximum atomic E-state index is 11.7. The highest BCUT2D eigenvalue weighted by Crippen LogP contribution is 2.15. The van der Waals surface area contributed by atoms with Crippen LogP contribution in [0.2, 0.25) is 10.0 Å². The normalized spacial score (nSPS) is 10.0. The number of hydrogen-bond acceptors (Lipinski definition) is 1. The lowest BCUT2D eigenvalue weighted by molar-refractivity contribution is 0.252. The summed E-state index contributed by atoms with van der Waals surface area (Å²) in [6.45, 7) is 0.374. The van der Waals surface area contributed by atoms with Crippen molar-refractivity contribution in [2.24, 2.45) is 0 Å². The minimum absolute atomic E-state index is 0.290. The molecule has 0 bridgehead atoms. The third-order valence-electron chi connectivity index (χ3n) is 2.50. The van der Waals surface area contributed by atoms with Gasteiger partial charge in [-0.05, 0) is 35.9 Å². The van der Waals surface area contributed by atoms with Gasteiger partial charge in [0.25, 0.3) is 0 Å². The lowest BCUT2D eigenvalue weighted by Gasteiger charge is -2.08. The van der Waals surface area contributed by atoms with Crippen LogP contribution >= 0.6 is 23.2 Å². The van der Waals surface area contributed by atoms with Gasteiger partial charge >= 0.3 is 6.03 Å². The van der Waals surface area contributed by atoms with Crippen LogP contribution in [-0.2, 0) is 6.54 Å². The molecule has 0 aliphatic heterocycles. The second-order valence-corrected chi connectivity index (χ2v) is 4.75. The maximum absolute atomic E-state index is 11.7. The molecular weight excluding hydrogens is 283 g/mol. The van der Waals surface area contributed by atoms with Gasteiger partial charge in [-0.25, -0.2) is 4.79 Å². The number of hydrogen-bond donors (Lipinski definition) is 2. The topological polar surface area (TPSA) is 41.1 Å². The maximum Gasteiger partial charge on any atom is 0.319 e. The zero-order valence-corrected chi connectivity index (χ0v) is 11.5. The Morgan fingerprint density at radius 3 is 2.37 bits per heavy atom. The first-order valence-corrected chi connectivity index (χ1v) is 6.44. The number of halogens is 2. The highest BCUT2D eigenvalue weighted by molar-refractivity contribution is 6.31.